The summed E-state index contributed by atoms with van der Waals surface area (Å²) in [6.45, 7) is 5.56. The van der Waals surface area contributed by atoms with Crippen molar-refractivity contribution in [3.05, 3.63) is 29.3 Å². The second-order valence-corrected chi connectivity index (χ2v) is 6.71. The molecule has 0 bridgehead atoms. The Morgan fingerprint density at radius 1 is 1.33 bits per heavy atom. The number of sulfonamides is 1. The van der Waals surface area contributed by atoms with Crippen LogP contribution in [0.25, 0.3) is 0 Å². The Morgan fingerprint density at radius 3 is 2.44 bits per heavy atom. The number of nitrogens with one attached hydrogen (secondary N) is 1. The van der Waals surface area contributed by atoms with Gasteiger partial charge in [0.2, 0.25) is 5.91 Å². The second kappa shape index (κ2) is 4.39. The first kappa shape index (κ1) is 13.1. The van der Waals surface area contributed by atoms with Crippen LogP contribution in [0.2, 0.25) is 0 Å². The maximum Gasteiger partial charge on any atom is 0.264 e. The summed E-state index contributed by atoms with van der Waals surface area (Å²) in [4.78, 5) is 11.9. The van der Waals surface area contributed by atoms with Crippen LogP contribution in [0.4, 0.5) is 0 Å². The molecule has 1 aliphatic rings. The molecule has 0 aromatic heterocycles. The van der Waals surface area contributed by atoms with Crippen molar-refractivity contribution in [3.8, 4) is 0 Å². The molecule has 0 radical (unpaired) electrons. The van der Waals surface area contributed by atoms with Crippen molar-refractivity contribution in [2.24, 2.45) is 11.8 Å². The molecular weight excluding hydrogens is 250 g/mol. The molecule has 98 valence electrons. The lowest BCUT2D eigenvalue weighted by atomic mass is 10.2. The molecule has 0 spiro atoms. The van der Waals surface area contributed by atoms with Crippen molar-refractivity contribution < 1.29 is 13.2 Å². The number of amides is 1. The highest BCUT2D eigenvalue weighted by atomic mass is 32.2. The van der Waals surface area contributed by atoms with Crippen LogP contribution in [-0.4, -0.2) is 14.3 Å². The summed E-state index contributed by atoms with van der Waals surface area (Å²) in [7, 11) is -3.73. The lowest BCUT2D eigenvalue weighted by Gasteiger charge is -2.09. The molecule has 2 unspecified atom stereocenters. The Bertz CT molecular complexity index is 592. The molecule has 2 atom stereocenters. The molecule has 0 saturated heterocycles. The van der Waals surface area contributed by atoms with Gasteiger partial charge in [0.05, 0.1) is 4.90 Å². The summed E-state index contributed by atoms with van der Waals surface area (Å²) in [6, 6.07) is 5.06. The second-order valence-electron chi connectivity index (χ2n) is 5.06. The fraction of sp³-hybridized carbons (Fsp3) is 0.462. The number of hydrogen-bond acceptors (Lipinski definition) is 3. The van der Waals surface area contributed by atoms with Crippen LogP contribution in [0.3, 0.4) is 0 Å². The quantitative estimate of drug-likeness (QED) is 0.907. The highest BCUT2D eigenvalue weighted by Gasteiger charge is 2.40. The van der Waals surface area contributed by atoms with E-state index in [0.717, 1.165) is 12.0 Å². The largest absolute Gasteiger partial charge is 0.274 e. The number of benzene rings is 1. The summed E-state index contributed by atoms with van der Waals surface area (Å²) in [5.74, 6) is -0.243. The first-order valence-corrected chi connectivity index (χ1v) is 7.43. The van der Waals surface area contributed by atoms with Gasteiger partial charge in [-0.25, -0.2) is 13.1 Å². The van der Waals surface area contributed by atoms with E-state index in [9.17, 15) is 13.2 Å². The summed E-state index contributed by atoms with van der Waals surface area (Å²) in [5.41, 5.74) is 1.65. The lowest BCUT2D eigenvalue weighted by molar-refractivity contribution is -0.120. The molecule has 18 heavy (non-hydrogen) atoms. The molecule has 1 aliphatic carbocycles. The van der Waals surface area contributed by atoms with Gasteiger partial charge >= 0.3 is 0 Å². The van der Waals surface area contributed by atoms with Crippen LogP contribution < -0.4 is 4.72 Å². The zero-order valence-electron chi connectivity index (χ0n) is 10.7. The number of rotatable bonds is 3. The minimum absolute atomic E-state index is 0.148. The van der Waals surface area contributed by atoms with Crippen LogP contribution >= 0.6 is 0 Å². The van der Waals surface area contributed by atoms with Crippen LogP contribution in [0.5, 0.6) is 0 Å². The number of carbonyl (C=O) groups is 1. The third-order valence-electron chi connectivity index (χ3n) is 3.30. The predicted octanol–water partition coefficient (Wildman–Crippen LogP) is 1.76. The minimum atomic E-state index is -3.73. The van der Waals surface area contributed by atoms with Gasteiger partial charge in [0.1, 0.15) is 0 Å². The third kappa shape index (κ3) is 2.56. The number of aryl methyl sites for hydroxylation is 2. The summed E-state index contributed by atoms with van der Waals surface area (Å²) >= 11 is 0. The predicted molar refractivity (Wildman–Crippen MR) is 68.5 cm³/mol. The monoisotopic (exact) mass is 267 g/mol. The van der Waals surface area contributed by atoms with E-state index >= 15 is 0 Å². The lowest BCUT2D eigenvalue weighted by Crippen LogP contribution is -2.32. The Hall–Kier alpha value is -1.36. The maximum atomic E-state index is 12.1. The molecule has 1 fully saturated rings. The van der Waals surface area contributed by atoms with E-state index < -0.39 is 10.0 Å². The van der Waals surface area contributed by atoms with Crippen molar-refractivity contribution in [2.45, 2.75) is 32.1 Å². The molecule has 1 amide bonds. The van der Waals surface area contributed by atoms with Gasteiger partial charge in [-0.1, -0.05) is 24.6 Å². The Balaban J connectivity index is 2.23. The number of carbonyl (C=O) groups excluding carboxylic acids is 1. The molecule has 1 N–H and O–H groups in total. The molecule has 1 saturated carbocycles. The molecular formula is C13H17NO3S. The molecule has 1 aromatic rings. The average molecular weight is 267 g/mol. The Labute approximate surface area is 107 Å². The zero-order chi connectivity index (χ0) is 13.5. The van der Waals surface area contributed by atoms with Crippen LogP contribution in [0.1, 0.15) is 24.5 Å². The average Bonchev–Trinajstić information content (AvgIpc) is 2.94. The summed E-state index contributed by atoms with van der Waals surface area (Å²) in [5, 5.41) is 0. The molecule has 5 heteroatoms. The van der Waals surface area contributed by atoms with Gasteiger partial charge in [-0.15, -0.1) is 0 Å². The summed E-state index contributed by atoms with van der Waals surface area (Å²) < 4.78 is 26.3. The van der Waals surface area contributed by atoms with Gasteiger partial charge in [-0.3, -0.25) is 4.79 Å². The molecule has 0 aliphatic heterocycles. The van der Waals surface area contributed by atoms with Crippen LogP contribution in [-0.2, 0) is 14.8 Å². The van der Waals surface area contributed by atoms with E-state index in [1.54, 1.807) is 19.1 Å². The Kier molecular flexibility index (Phi) is 3.19. The smallest absolute Gasteiger partial charge is 0.264 e. The normalized spacial score (nSPS) is 22.6. The number of hydrogen-bond donors (Lipinski definition) is 1. The summed E-state index contributed by atoms with van der Waals surface area (Å²) in [6.07, 6.45) is 0.772. The standard InChI is InChI=1S/C13H17NO3S/c1-8-4-5-12(10(3)6-8)18(16,17)14-13(15)11-7-9(11)2/h4-6,9,11H,7H2,1-3H3,(H,14,15). The first-order valence-electron chi connectivity index (χ1n) is 5.95. The van der Waals surface area contributed by atoms with Gasteiger partial charge < -0.3 is 0 Å². The van der Waals surface area contributed by atoms with Gasteiger partial charge in [0.25, 0.3) is 10.0 Å². The molecule has 1 aromatic carbocycles. The highest BCUT2D eigenvalue weighted by Crippen LogP contribution is 2.38. The molecule has 4 nitrogen and oxygen atoms in total. The van der Waals surface area contributed by atoms with Crippen molar-refractivity contribution in [2.75, 3.05) is 0 Å². The van der Waals surface area contributed by atoms with E-state index in [1.807, 2.05) is 13.8 Å². The van der Waals surface area contributed by atoms with E-state index in [1.165, 1.54) is 6.07 Å². The van der Waals surface area contributed by atoms with Gasteiger partial charge in [0.15, 0.2) is 0 Å². The van der Waals surface area contributed by atoms with E-state index in [-0.39, 0.29) is 16.7 Å². The van der Waals surface area contributed by atoms with Crippen molar-refractivity contribution in [1.82, 2.24) is 4.72 Å². The first-order chi connectivity index (χ1) is 8.31. The SMILES string of the molecule is Cc1ccc(S(=O)(=O)NC(=O)C2CC2C)c(C)c1. The Morgan fingerprint density at radius 2 is 1.94 bits per heavy atom. The minimum Gasteiger partial charge on any atom is -0.274 e. The van der Waals surface area contributed by atoms with Gasteiger partial charge in [0, 0.05) is 5.92 Å². The fourth-order valence-corrected chi connectivity index (χ4v) is 3.31. The molecule has 2 rings (SSSR count). The van der Waals surface area contributed by atoms with Crippen LogP contribution in [0.15, 0.2) is 23.1 Å². The zero-order valence-corrected chi connectivity index (χ0v) is 11.5. The highest BCUT2D eigenvalue weighted by molar-refractivity contribution is 7.90. The van der Waals surface area contributed by atoms with Crippen LogP contribution in [0, 0.1) is 25.7 Å². The third-order valence-corrected chi connectivity index (χ3v) is 4.81. The van der Waals surface area contributed by atoms with Crippen molar-refractivity contribution in [3.63, 3.8) is 0 Å². The maximum absolute atomic E-state index is 12.1. The van der Waals surface area contributed by atoms with E-state index in [4.69, 9.17) is 0 Å². The van der Waals surface area contributed by atoms with Gasteiger partial charge in [-0.05, 0) is 37.8 Å². The van der Waals surface area contributed by atoms with E-state index in [0.29, 0.717) is 11.5 Å². The van der Waals surface area contributed by atoms with Crippen molar-refractivity contribution in [1.29, 1.82) is 0 Å². The van der Waals surface area contributed by atoms with Crippen molar-refractivity contribution >= 4 is 15.9 Å². The molecule has 0 heterocycles. The fourth-order valence-electron chi connectivity index (χ4n) is 2.05. The van der Waals surface area contributed by atoms with Gasteiger partial charge in [-0.2, -0.15) is 0 Å². The topological polar surface area (TPSA) is 63.2 Å². The van der Waals surface area contributed by atoms with E-state index in [2.05, 4.69) is 4.72 Å².